The van der Waals surface area contributed by atoms with Gasteiger partial charge in [-0.15, -0.1) is 11.3 Å². The molecule has 1 aromatic carbocycles. The lowest BCUT2D eigenvalue weighted by Crippen LogP contribution is -2.16. The molecular weight excluding hydrogens is 256 g/mol. The van der Waals surface area contributed by atoms with Gasteiger partial charge in [-0.1, -0.05) is 18.2 Å². The molecule has 0 aliphatic carbocycles. The highest BCUT2D eigenvalue weighted by atomic mass is 32.1. The summed E-state index contributed by atoms with van der Waals surface area (Å²) in [5, 5.41) is 4.34. The third kappa shape index (κ3) is 1.92. The second-order valence-corrected chi connectivity index (χ2v) is 5.69. The van der Waals surface area contributed by atoms with Crippen LogP contribution in [0.15, 0.2) is 40.1 Å². The molecule has 0 radical (unpaired) electrons. The zero-order chi connectivity index (χ0) is 12.7. The molecule has 0 bridgehead atoms. The van der Waals surface area contributed by atoms with Gasteiger partial charge < -0.3 is 9.32 Å². The van der Waals surface area contributed by atoms with Crippen LogP contribution in [0.4, 0.5) is 5.13 Å². The van der Waals surface area contributed by atoms with Crippen LogP contribution in [-0.4, -0.2) is 18.1 Å². The van der Waals surface area contributed by atoms with Crippen molar-refractivity contribution < 1.29 is 4.42 Å². The van der Waals surface area contributed by atoms with Crippen LogP contribution in [-0.2, 0) is 0 Å². The zero-order valence-corrected chi connectivity index (χ0v) is 11.3. The van der Waals surface area contributed by atoms with Crippen molar-refractivity contribution in [1.82, 2.24) is 4.98 Å². The van der Waals surface area contributed by atoms with Crippen molar-refractivity contribution in [2.75, 3.05) is 18.0 Å². The highest BCUT2D eigenvalue weighted by Gasteiger charge is 2.17. The minimum atomic E-state index is 0.864. The Kier molecular flexibility index (Phi) is 2.55. The molecule has 4 heteroatoms. The molecule has 2 aromatic heterocycles. The van der Waals surface area contributed by atoms with Gasteiger partial charge in [0.2, 0.25) is 0 Å². The predicted octanol–water partition coefficient (Wildman–Crippen LogP) is 4.16. The molecule has 19 heavy (non-hydrogen) atoms. The van der Waals surface area contributed by atoms with Crippen LogP contribution in [0.3, 0.4) is 0 Å². The first-order valence-electron chi connectivity index (χ1n) is 6.59. The second-order valence-electron chi connectivity index (χ2n) is 4.86. The monoisotopic (exact) mass is 270 g/mol. The van der Waals surface area contributed by atoms with Crippen molar-refractivity contribution in [3.8, 4) is 11.5 Å². The van der Waals surface area contributed by atoms with Gasteiger partial charge in [0.15, 0.2) is 10.9 Å². The second kappa shape index (κ2) is 4.38. The maximum atomic E-state index is 5.86. The molecule has 0 spiro atoms. The van der Waals surface area contributed by atoms with Crippen LogP contribution in [0.25, 0.3) is 22.4 Å². The fraction of sp³-hybridized carbons (Fsp3) is 0.267. The van der Waals surface area contributed by atoms with Crippen LogP contribution in [0.1, 0.15) is 12.8 Å². The van der Waals surface area contributed by atoms with Gasteiger partial charge in [0.1, 0.15) is 11.3 Å². The molecule has 0 unspecified atom stereocenters. The summed E-state index contributed by atoms with van der Waals surface area (Å²) in [6, 6.07) is 10.1. The van der Waals surface area contributed by atoms with Gasteiger partial charge in [-0.25, -0.2) is 4.98 Å². The minimum absolute atomic E-state index is 0.864. The SMILES string of the molecule is c1ccc2oc(-c3csc(N4CCCC4)n3)cc2c1. The standard InChI is InChI=1S/C15H14N2OS/c1-2-6-13-11(5-1)9-14(18-13)12-10-19-15(16-12)17-7-3-4-8-17/h1-2,5-6,9-10H,3-4,7-8H2. The lowest BCUT2D eigenvalue weighted by molar-refractivity contribution is 0.629. The van der Waals surface area contributed by atoms with E-state index in [0.29, 0.717) is 0 Å². The summed E-state index contributed by atoms with van der Waals surface area (Å²) < 4.78 is 5.86. The summed E-state index contributed by atoms with van der Waals surface area (Å²) in [5.74, 6) is 0.864. The first-order chi connectivity index (χ1) is 9.40. The molecule has 4 rings (SSSR count). The van der Waals surface area contributed by atoms with E-state index < -0.39 is 0 Å². The molecule has 1 aliphatic heterocycles. The van der Waals surface area contributed by atoms with Gasteiger partial charge in [0.05, 0.1) is 0 Å². The van der Waals surface area contributed by atoms with Gasteiger partial charge in [0, 0.05) is 23.9 Å². The topological polar surface area (TPSA) is 29.3 Å². The van der Waals surface area contributed by atoms with Crippen molar-refractivity contribution in [2.45, 2.75) is 12.8 Å². The third-order valence-electron chi connectivity index (χ3n) is 3.55. The van der Waals surface area contributed by atoms with E-state index in [1.165, 1.54) is 12.8 Å². The number of benzene rings is 1. The maximum absolute atomic E-state index is 5.86. The number of nitrogens with zero attached hydrogens (tertiary/aromatic N) is 2. The number of hydrogen-bond donors (Lipinski definition) is 0. The first kappa shape index (κ1) is 11.1. The van der Waals surface area contributed by atoms with Gasteiger partial charge in [0.25, 0.3) is 0 Å². The zero-order valence-electron chi connectivity index (χ0n) is 10.5. The van der Waals surface area contributed by atoms with Crippen molar-refractivity contribution in [3.63, 3.8) is 0 Å². The fourth-order valence-corrected chi connectivity index (χ4v) is 3.41. The van der Waals surface area contributed by atoms with E-state index in [0.717, 1.165) is 40.6 Å². The summed E-state index contributed by atoms with van der Waals surface area (Å²) in [4.78, 5) is 7.07. The van der Waals surface area contributed by atoms with Crippen LogP contribution in [0.2, 0.25) is 0 Å². The Labute approximate surface area is 115 Å². The predicted molar refractivity (Wildman–Crippen MR) is 78.8 cm³/mol. The number of rotatable bonds is 2. The Balaban J connectivity index is 1.71. The molecule has 0 saturated carbocycles. The molecule has 1 saturated heterocycles. The van der Waals surface area contributed by atoms with E-state index >= 15 is 0 Å². The summed E-state index contributed by atoms with van der Waals surface area (Å²) in [7, 11) is 0. The average Bonchev–Trinajstić information content (AvgIpc) is 3.17. The van der Waals surface area contributed by atoms with Crippen LogP contribution >= 0.6 is 11.3 Å². The number of furan rings is 1. The van der Waals surface area contributed by atoms with Crippen LogP contribution < -0.4 is 4.90 Å². The molecule has 0 N–H and O–H groups in total. The average molecular weight is 270 g/mol. The fourth-order valence-electron chi connectivity index (χ4n) is 2.54. The Morgan fingerprint density at radius 3 is 2.84 bits per heavy atom. The number of fused-ring (bicyclic) bond motifs is 1. The van der Waals surface area contributed by atoms with E-state index in [-0.39, 0.29) is 0 Å². The molecule has 1 fully saturated rings. The Bertz CT molecular complexity index is 677. The van der Waals surface area contributed by atoms with Gasteiger partial charge >= 0.3 is 0 Å². The minimum Gasteiger partial charge on any atom is -0.454 e. The molecule has 3 aromatic rings. The van der Waals surface area contributed by atoms with Gasteiger partial charge in [-0.3, -0.25) is 0 Å². The number of hydrogen-bond acceptors (Lipinski definition) is 4. The highest BCUT2D eigenvalue weighted by Crippen LogP contribution is 2.32. The molecule has 1 aliphatic rings. The van der Waals surface area contributed by atoms with E-state index in [1.807, 2.05) is 18.2 Å². The number of anilines is 1. The summed E-state index contributed by atoms with van der Waals surface area (Å²) in [6.45, 7) is 2.26. The molecule has 96 valence electrons. The lowest BCUT2D eigenvalue weighted by atomic mass is 10.2. The number of aromatic nitrogens is 1. The van der Waals surface area contributed by atoms with Crippen molar-refractivity contribution in [1.29, 1.82) is 0 Å². The highest BCUT2D eigenvalue weighted by molar-refractivity contribution is 7.14. The third-order valence-corrected chi connectivity index (χ3v) is 4.45. The summed E-state index contributed by atoms with van der Waals surface area (Å²) in [6.07, 6.45) is 2.55. The van der Waals surface area contributed by atoms with Crippen molar-refractivity contribution in [3.05, 3.63) is 35.7 Å². The normalized spacial score (nSPS) is 15.5. The Hall–Kier alpha value is -1.81. The largest absolute Gasteiger partial charge is 0.454 e. The molecular formula is C15H14N2OS. The lowest BCUT2D eigenvalue weighted by Gasteiger charge is -2.11. The van der Waals surface area contributed by atoms with Crippen molar-refractivity contribution in [2.24, 2.45) is 0 Å². The quantitative estimate of drug-likeness (QED) is 0.700. The molecule has 0 atom stereocenters. The van der Waals surface area contributed by atoms with E-state index in [4.69, 9.17) is 9.40 Å². The van der Waals surface area contributed by atoms with E-state index in [1.54, 1.807) is 11.3 Å². The van der Waals surface area contributed by atoms with Crippen LogP contribution in [0, 0.1) is 0 Å². The Morgan fingerprint density at radius 1 is 1.16 bits per heavy atom. The molecule has 3 heterocycles. The van der Waals surface area contributed by atoms with Crippen LogP contribution in [0.5, 0.6) is 0 Å². The molecule has 0 amide bonds. The van der Waals surface area contributed by atoms with E-state index in [9.17, 15) is 0 Å². The summed E-state index contributed by atoms with van der Waals surface area (Å²) >= 11 is 1.71. The van der Waals surface area contributed by atoms with Gasteiger partial charge in [-0.2, -0.15) is 0 Å². The molecule has 3 nitrogen and oxygen atoms in total. The number of para-hydroxylation sites is 1. The smallest absolute Gasteiger partial charge is 0.185 e. The maximum Gasteiger partial charge on any atom is 0.185 e. The van der Waals surface area contributed by atoms with Crippen molar-refractivity contribution >= 4 is 27.4 Å². The first-order valence-corrected chi connectivity index (χ1v) is 7.47. The Morgan fingerprint density at radius 2 is 2.00 bits per heavy atom. The number of thiazole rings is 1. The summed E-state index contributed by atoms with van der Waals surface area (Å²) in [5.41, 5.74) is 1.87. The van der Waals surface area contributed by atoms with Gasteiger partial charge in [-0.05, 0) is 25.0 Å². The van der Waals surface area contributed by atoms with E-state index in [2.05, 4.69) is 22.4 Å².